The molecule has 0 aromatic heterocycles. The first-order valence-corrected chi connectivity index (χ1v) is 7.40. The van der Waals surface area contributed by atoms with Crippen LogP contribution in [0.15, 0.2) is 24.3 Å². The minimum absolute atomic E-state index is 0.0528. The normalized spacial score (nSPS) is 40.2. The Kier molecular flexibility index (Phi) is 5.20. The van der Waals surface area contributed by atoms with Crippen LogP contribution < -0.4 is 0 Å². The van der Waals surface area contributed by atoms with Crippen molar-refractivity contribution in [2.75, 3.05) is 0 Å². The van der Waals surface area contributed by atoms with Crippen LogP contribution in [-0.2, 0) is 9.53 Å². The van der Waals surface area contributed by atoms with Crippen LogP contribution in [0.3, 0.4) is 0 Å². The van der Waals surface area contributed by atoms with Gasteiger partial charge in [-0.2, -0.15) is 0 Å². The second kappa shape index (κ2) is 6.90. The van der Waals surface area contributed by atoms with Gasteiger partial charge in [0.15, 0.2) is 0 Å². The third-order valence-corrected chi connectivity index (χ3v) is 4.18. The number of allylic oxidation sites excluding steroid dienone is 2. The second-order valence-electron chi connectivity index (χ2n) is 5.71. The molecule has 0 bridgehead atoms. The molecule has 0 aromatic rings. The van der Waals surface area contributed by atoms with Gasteiger partial charge in [0, 0.05) is 6.08 Å². The maximum atomic E-state index is 11.6. The summed E-state index contributed by atoms with van der Waals surface area (Å²) in [6, 6.07) is 0. The molecule has 4 atom stereocenters. The van der Waals surface area contributed by atoms with Crippen LogP contribution in [0.4, 0.5) is 0 Å². The predicted molar refractivity (Wildman–Crippen MR) is 74.5 cm³/mol. The molecule has 1 saturated carbocycles. The van der Waals surface area contributed by atoms with Crippen molar-refractivity contribution in [2.24, 2.45) is 11.8 Å². The molecule has 106 valence electrons. The molecule has 1 fully saturated rings. The molecule has 3 heteroatoms. The summed E-state index contributed by atoms with van der Waals surface area (Å²) < 4.78 is 5.26. The monoisotopic (exact) mass is 264 g/mol. The van der Waals surface area contributed by atoms with Gasteiger partial charge in [0.05, 0.1) is 12.2 Å². The third-order valence-electron chi connectivity index (χ3n) is 4.18. The quantitative estimate of drug-likeness (QED) is 0.540. The number of aliphatic hydroxyl groups excluding tert-OH is 1. The summed E-state index contributed by atoms with van der Waals surface area (Å²) in [7, 11) is 0. The molecule has 0 amide bonds. The van der Waals surface area contributed by atoms with Gasteiger partial charge < -0.3 is 9.84 Å². The Balaban J connectivity index is 2.08. The highest BCUT2D eigenvalue weighted by Gasteiger charge is 2.30. The van der Waals surface area contributed by atoms with Gasteiger partial charge in [-0.3, -0.25) is 0 Å². The smallest absolute Gasteiger partial charge is 0.330 e. The van der Waals surface area contributed by atoms with Crippen molar-refractivity contribution in [1.29, 1.82) is 0 Å². The maximum Gasteiger partial charge on any atom is 0.330 e. The predicted octanol–water partition coefficient (Wildman–Crippen LogP) is 2.99. The fourth-order valence-electron chi connectivity index (χ4n) is 3.09. The van der Waals surface area contributed by atoms with Crippen molar-refractivity contribution < 1.29 is 14.6 Å². The summed E-state index contributed by atoms with van der Waals surface area (Å²) in [5, 5.41) is 10.2. The molecule has 3 nitrogen and oxygen atoms in total. The lowest BCUT2D eigenvalue weighted by atomic mass is 9.90. The molecule has 1 aliphatic carbocycles. The van der Waals surface area contributed by atoms with Crippen LogP contribution in [0.1, 0.15) is 45.4 Å². The Morgan fingerprint density at radius 1 is 1.21 bits per heavy atom. The molecule has 2 rings (SSSR count). The lowest BCUT2D eigenvalue weighted by Crippen LogP contribution is -2.21. The minimum Gasteiger partial charge on any atom is -0.460 e. The first kappa shape index (κ1) is 14.3. The molecule has 0 aromatic carbocycles. The molecule has 0 spiro atoms. The first-order chi connectivity index (χ1) is 9.16. The number of ether oxygens (including phenoxy) is 1. The molecule has 1 heterocycles. The fourth-order valence-corrected chi connectivity index (χ4v) is 3.09. The van der Waals surface area contributed by atoms with Crippen molar-refractivity contribution in [3.8, 4) is 0 Å². The summed E-state index contributed by atoms with van der Waals surface area (Å²) in [4.78, 5) is 11.6. The van der Waals surface area contributed by atoms with E-state index in [1.54, 1.807) is 6.08 Å². The number of rotatable bonds is 0. The highest BCUT2D eigenvalue weighted by molar-refractivity contribution is 5.82. The van der Waals surface area contributed by atoms with Gasteiger partial charge in [-0.05, 0) is 56.9 Å². The van der Waals surface area contributed by atoms with Crippen LogP contribution >= 0.6 is 0 Å². The molecular formula is C16H24O3. The highest BCUT2D eigenvalue weighted by atomic mass is 16.5. The number of esters is 1. The molecule has 0 saturated heterocycles. The summed E-state index contributed by atoms with van der Waals surface area (Å²) >= 11 is 0. The molecular weight excluding hydrogens is 240 g/mol. The summed E-state index contributed by atoms with van der Waals surface area (Å²) in [5.41, 5.74) is 0. The molecule has 0 radical (unpaired) electrons. The molecule has 19 heavy (non-hydrogen) atoms. The summed E-state index contributed by atoms with van der Waals surface area (Å²) in [6.07, 6.45) is 13.2. The number of carbonyl (C=O) groups is 1. The lowest BCUT2D eigenvalue weighted by molar-refractivity contribution is -0.142. The first-order valence-electron chi connectivity index (χ1n) is 7.40. The molecule has 1 aliphatic heterocycles. The van der Waals surface area contributed by atoms with Gasteiger partial charge in [0.1, 0.15) is 0 Å². The van der Waals surface area contributed by atoms with Gasteiger partial charge >= 0.3 is 5.97 Å². The van der Waals surface area contributed by atoms with E-state index in [0.717, 1.165) is 38.5 Å². The van der Waals surface area contributed by atoms with Gasteiger partial charge in [-0.15, -0.1) is 0 Å². The maximum absolute atomic E-state index is 11.6. The highest BCUT2D eigenvalue weighted by Crippen LogP contribution is 2.35. The molecule has 0 unspecified atom stereocenters. The molecule has 1 N–H and O–H groups in total. The van der Waals surface area contributed by atoms with E-state index in [0.29, 0.717) is 5.92 Å². The number of aliphatic hydroxyl groups is 1. The Bertz CT molecular complexity index is 359. The van der Waals surface area contributed by atoms with E-state index in [9.17, 15) is 9.90 Å². The van der Waals surface area contributed by atoms with Crippen molar-refractivity contribution in [1.82, 2.24) is 0 Å². The average molecular weight is 264 g/mol. The van der Waals surface area contributed by atoms with Gasteiger partial charge in [0.25, 0.3) is 0 Å². The van der Waals surface area contributed by atoms with Crippen molar-refractivity contribution >= 4 is 5.97 Å². The zero-order valence-corrected chi connectivity index (χ0v) is 11.6. The van der Waals surface area contributed by atoms with E-state index >= 15 is 0 Å². The van der Waals surface area contributed by atoms with E-state index in [4.69, 9.17) is 4.74 Å². The third kappa shape index (κ3) is 4.20. The van der Waals surface area contributed by atoms with Crippen LogP contribution in [0.2, 0.25) is 0 Å². The summed E-state index contributed by atoms with van der Waals surface area (Å²) in [6.45, 7) is 1.92. The number of hydrogen-bond donors (Lipinski definition) is 1. The van der Waals surface area contributed by atoms with Crippen molar-refractivity contribution in [2.45, 2.75) is 57.7 Å². The largest absolute Gasteiger partial charge is 0.460 e. The fraction of sp³-hybridized carbons (Fsp3) is 0.688. The number of cyclic esters (lactones) is 1. The van der Waals surface area contributed by atoms with Crippen LogP contribution in [0.5, 0.6) is 0 Å². The van der Waals surface area contributed by atoms with E-state index in [1.807, 2.05) is 6.92 Å². The SMILES string of the molecule is C[C@@H]1CCC/C=C/[C@H]2CCC[C@@H]2[C@@H](O)/C=C\C(=O)O1. The Hall–Kier alpha value is -1.09. The lowest BCUT2D eigenvalue weighted by Gasteiger charge is -2.20. The molecule has 2 aliphatic rings. The van der Waals surface area contributed by atoms with E-state index in [-0.39, 0.29) is 18.0 Å². The second-order valence-corrected chi connectivity index (χ2v) is 5.71. The Morgan fingerprint density at radius 3 is 2.89 bits per heavy atom. The Morgan fingerprint density at radius 2 is 2.05 bits per heavy atom. The van der Waals surface area contributed by atoms with E-state index < -0.39 is 6.10 Å². The van der Waals surface area contributed by atoms with Crippen LogP contribution in [-0.4, -0.2) is 23.3 Å². The Labute approximate surface area is 115 Å². The summed E-state index contributed by atoms with van der Waals surface area (Å²) in [5.74, 6) is 0.362. The zero-order valence-electron chi connectivity index (χ0n) is 11.6. The van der Waals surface area contributed by atoms with Crippen LogP contribution in [0.25, 0.3) is 0 Å². The zero-order chi connectivity index (χ0) is 13.7. The number of carbonyl (C=O) groups excluding carboxylic acids is 1. The standard InChI is InChI=1S/C16H24O3/c1-12-6-3-2-4-7-13-8-5-9-14(13)15(17)10-11-16(18)19-12/h4,7,10-15,17H,2-3,5-6,8-9H2,1H3/b7-4+,11-10-/t12-,13+,14+,15+/m1/s1. The number of fused-ring (bicyclic) bond motifs is 1. The van der Waals surface area contributed by atoms with Crippen molar-refractivity contribution in [3.05, 3.63) is 24.3 Å². The van der Waals surface area contributed by atoms with E-state index in [2.05, 4.69) is 12.2 Å². The number of hydrogen-bond acceptors (Lipinski definition) is 3. The minimum atomic E-state index is -0.541. The topological polar surface area (TPSA) is 46.5 Å². The van der Waals surface area contributed by atoms with Gasteiger partial charge in [-0.1, -0.05) is 18.6 Å². The average Bonchev–Trinajstić information content (AvgIpc) is 2.83. The van der Waals surface area contributed by atoms with Gasteiger partial charge in [-0.25, -0.2) is 4.79 Å². The van der Waals surface area contributed by atoms with E-state index in [1.165, 1.54) is 6.08 Å². The van der Waals surface area contributed by atoms with Crippen molar-refractivity contribution in [3.63, 3.8) is 0 Å². The van der Waals surface area contributed by atoms with Gasteiger partial charge in [0.2, 0.25) is 0 Å². The van der Waals surface area contributed by atoms with Crippen LogP contribution in [0, 0.1) is 11.8 Å².